The van der Waals surface area contributed by atoms with Crippen molar-refractivity contribution < 1.29 is 4.39 Å². The number of nitrogens with zero attached hydrogens (tertiary/aromatic N) is 1. The molecule has 2 rings (SSSR count). The van der Waals surface area contributed by atoms with Gasteiger partial charge in [0.1, 0.15) is 11.7 Å². The summed E-state index contributed by atoms with van der Waals surface area (Å²) >= 11 is 1.91. The molecule has 16 heavy (non-hydrogen) atoms. The number of benzene rings is 1. The van der Waals surface area contributed by atoms with Gasteiger partial charge in [0.05, 0.1) is 0 Å². The maximum Gasteiger partial charge on any atom is 0.125 e. The smallest absolute Gasteiger partial charge is 0.125 e. The first-order chi connectivity index (χ1) is 7.68. The minimum atomic E-state index is -0.347. The molecule has 0 radical (unpaired) electrons. The zero-order chi connectivity index (χ0) is 11.5. The van der Waals surface area contributed by atoms with Gasteiger partial charge in [0.25, 0.3) is 0 Å². The van der Waals surface area contributed by atoms with Crippen LogP contribution in [-0.4, -0.2) is 30.4 Å². The van der Waals surface area contributed by atoms with E-state index in [0.717, 1.165) is 30.3 Å². The molecular weight excluding hydrogens is 225 g/mol. The zero-order valence-corrected chi connectivity index (χ0v) is 9.69. The molecule has 0 atom stereocenters. The molecule has 0 amide bonds. The largest absolute Gasteiger partial charge is 0.384 e. The number of nitrogens with one attached hydrogen (secondary N) is 1. The lowest BCUT2D eigenvalue weighted by molar-refractivity contribution is 0.627. The molecule has 5 heteroatoms. The SMILES string of the molecule is N=C(N)c1cc(F)ccc1N1CCSCC1. The van der Waals surface area contributed by atoms with E-state index >= 15 is 0 Å². The summed E-state index contributed by atoms with van der Waals surface area (Å²) in [7, 11) is 0. The van der Waals surface area contributed by atoms with Crippen molar-refractivity contribution in [3.63, 3.8) is 0 Å². The maximum atomic E-state index is 13.1. The second kappa shape index (κ2) is 4.74. The van der Waals surface area contributed by atoms with Gasteiger partial charge in [0.15, 0.2) is 0 Å². The Morgan fingerprint density at radius 2 is 2.06 bits per heavy atom. The number of nitrogens with two attached hydrogens (primary N) is 1. The van der Waals surface area contributed by atoms with Gasteiger partial charge in [0, 0.05) is 35.8 Å². The van der Waals surface area contributed by atoms with Crippen LogP contribution >= 0.6 is 11.8 Å². The van der Waals surface area contributed by atoms with Gasteiger partial charge in [-0.15, -0.1) is 0 Å². The van der Waals surface area contributed by atoms with Crippen molar-refractivity contribution in [3.8, 4) is 0 Å². The molecule has 0 aromatic heterocycles. The number of thioether (sulfide) groups is 1. The fourth-order valence-electron chi connectivity index (χ4n) is 1.80. The van der Waals surface area contributed by atoms with E-state index in [4.69, 9.17) is 11.1 Å². The Morgan fingerprint density at radius 3 is 2.69 bits per heavy atom. The average Bonchev–Trinajstić information content (AvgIpc) is 2.30. The van der Waals surface area contributed by atoms with Crippen molar-refractivity contribution >= 4 is 23.3 Å². The molecule has 86 valence electrons. The molecule has 1 aromatic rings. The van der Waals surface area contributed by atoms with Gasteiger partial charge in [-0.2, -0.15) is 11.8 Å². The van der Waals surface area contributed by atoms with E-state index in [1.165, 1.54) is 12.1 Å². The van der Waals surface area contributed by atoms with Gasteiger partial charge >= 0.3 is 0 Å². The first-order valence-corrected chi connectivity index (χ1v) is 6.30. The van der Waals surface area contributed by atoms with Crippen molar-refractivity contribution in [3.05, 3.63) is 29.6 Å². The third-order valence-electron chi connectivity index (χ3n) is 2.60. The number of rotatable bonds is 2. The molecule has 1 aliphatic heterocycles. The second-order valence-corrected chi connectivity index (χ2v) is 4.90. The second-order valence-electron chi connectivity index (χ2n) is 3.67. The highest BCUT2D eigenvalue weighted by molar-refractivity contribution is 7.99. The molecule has 1 heterocycles. The summed E-state index contributed by atoms with van der Waals surface area (Å²) in [5.74, 6) is 1.71. The van der Waals surface area contributed by atoms with Crippen LogP contribution in [0.1, 0.15) is 5.56 Å². The number of anilines is 1. The molecule has 0 bridgehead atoms. The van der Waals surface area contributed by atoms with Crippen LogP contribution in [0.25, 0.3) is 0 Å². The highest BCUT2D eigenvalue weighted by Gasteiger charge is 2.16. The molecule has 1 aliphatic rings. The third kappa shape index (κ3) is 2.29. The fourth-order valence-corrected chi connectivity index (χ4v) is 2.71. The molecule has 0 spiro atoms. The molecule has 1 fully saturated rings. The summed E-state index contributed by atoms with van der Waals surface area (Å²) in [6, 6.07) is 4.46. The Labute approximate surface area is 98.3 Å². The Morgan fingerprint density at radius 1 is 1.38 bits per heavy atom. The fraction of sp³-hybridized carbons (Fsp3) is 0.364. The van der Waals surface area contributed by atoms with E-state index in [9.17, 15) is 4.39 Å². The summed E-state index contributed by atoms with van der Waals surface area (Å²) in [6.45, 7) is 1.85. The minimum absolute atomic E-state index is 0.0762. The van der Waals surface area contributed by atoms with Gasteiger partial charge in [0.2, 0.25) is 0 Å². The molecule has 1 saturated heterocycles. The van der Waals surface area contributed by atoms with E-state index in [2.05, 4.69) is 4.90 Å². The van der Waals surface area contributed by atoms with Crippen LogP contribution in [0.4, 0.5) is 10.1 Å². The first kappa shape index (κ1) is 11.3. The third-order valence-corrected chi connectivity index (χ3v) is 3.54. The lowest BCUT2D eigenvalue weighted by Gasteiger charge is -2.30. The van der Waals surface area contributed by atoms with Gasteiger partial charge in [-0.25, -0.2) is 4.39 Å². The minimum Gasteiger partial charge on any atom is -0.384 e. The lowest BCUT2D eigenvalue weighted by atomic mass is 10.1. The van der Waals surface area contributed by atoms with Crippen molar-refractivity contribution in [1.82, 2.24) is 0 Å². The van der Waals surface area contributed by atoms with Crippen LogP contribution in [0.2, 0.25) is 0 Å². The number of hydrogen-bond acceptors (Lipinski definition) is 3. The Kier molecular flexibility index (Phi) is 3.33. The molecule has 0 saturated carbocycles. The monoisotopic (exact) mass is 239 g/mol. The Hall–Kier alpha value is -1.23. The number of amidine groups is 1. The highest BCUT2D eigenvalue weighted by atomic mass is 32.2. The van der Waals surface area contributed by atoms with Crippen LogP contribution in [0.5, 0.6) is 0 Å². The van der Waals surface area contributed by atoms with E-state index < -0.39 is 0 Å². The highest BCUT2D eigenvalue weighted by Crippen LogP contribution is 2.24. The van der Waals surface area contributed by atoms with Gasteiger partial charge in [-0.3, -0.25) is 5.41 Å². The van der Waals surface area contributed by atoms with Gasteiger partial charge in [-0.05, 0) is 18.2 Å². The van der Waals surface area contributed by atoms with Crippen molar-refractivity contribution in [2.45, 2.75) is 0 Å². The van der Waals surface area contributed by atoms with Crippen molar-refractivity contribution in [2.24, 2.45) is 5.73 Å². The molecule has 0 unspecified atom stereocenters. The molecule has 3 N–H and O–H groups in total. The van der Waals surface area contributed by atoms with Crippen LogP contribution in [-0.2, 0) is 0 Å². The summed E-state index contributed by atoms with van der Waals surface area (Å²) < 4.78 is 13.1. The first-order valence-electron chi connectivity index (χ1n) is 5.15. The van der Waals surface area contributed by atoms with E-state index in [-0.39, 0.29) is 11.7 Å². The number of halogens is 1. The lowest BCUT2D eigenvalue weighted by Crippen LogP contribution is -2.34. The van der Waals surface area contributed by atoms with E-state index in [1.807, 2.05) is 11.8 Å². The maximum absolute atomic E-state index is 13.1. The number of hydrogen-bond donors (Lipinski definition) is 2. The van der Waals surface area contributed by atoms with Gasteiger partial charge in [-0.1, -0.05) is 0 Å². The van der Waals surface area contributed by atoms with Crippen molar-refractivity contribution in [1.29, 1.82) is 5.41 Å². The zero-order valence-electron chi connectivity index (χ0n) is 8.87. The Bertz CT molecular complexity index is 402. The van der Waals surface area contributed by atoms with E-state index in [0.29, 0.717) is 5.56 Å². The van der Waals surface area contributed by atoms with Gasteiger partial charge < -0.3 is 10.6 Å². The Balaban J connectivity index is 2.34. The van der Waals surface area contributed by atoms with Crippen molar-refractivity contribution in [2.75, 3.05) is 29.5 Å². The van der Waals surface area contributed by atoms with Crippen LogP contribution in [0.3, 0.4) is 0 Å². The average molecular weight is 239 g/mol. The predicted molar refractivity (Wildman–Crippen MR) is 67.0 cm³/mol. The summed E-state index contributed by atoms with van der Waals surface area (Å²) in [5.41, 5.74) is 6.84. The van der Waals surface area contributed by atoms with Crippen LogP contribution < -0.4 is 10.6 Å². The molecule has 3 nitrogen and oxygen atoms in total. The number of nitrogen functional groups attached to an aromatic ring is 1. The quantitative estimate of drug-likeness (QED) is 0.609. The standard InChI is InChI=1S/C11H14FN3S/c12-8-1-2-10(9(7-8)11(13)14)15-3-5-16-6-4-15/h1-2,7H,3-6H2,(H3,13,14). The molecule has 0 aliphatic carbocycles. The summed E-state index contributed by atoms with van der Waals surface area (Å²) in [4.78, 5) is 2.16. The van der Waals surface area contributed by atoms with Crippen LogP contribution in [0, 0.1) is 11.2 Å². The molecule has 1 aromatic carbocycles. The van der Waals surface area contributed by atoms with E-state index in [1.54, 1.807) is 6.07 Å². The summed E-state index contributed by atoms with van der Waals surface area (Å²) in [6.07, 6.45) is 0. The predicted octanol–water partition coefficient (Wildman–Crippen LogP) is 1.66. The topological polar surface area (TPSA) is 53.1 Å². The molecular formula is C11H14FN3S. The summed E-state index contributed by atoms with van der Waals surface area (Å²) in [5, 5.41) is 7.47. The normalized spacial score (nSPS) is 16.2. The van der Waals surface area contributed by atoms with Crippen LogP contribution in [0.15, 0.2) is 18.2 Å².